The summed E-state index contributed by atoms with van der Waals surface area (Å²) in [4.78, 5) is 12.6. The number of benzene rings is 2. The normalized spacial score (nSPS) is 28.4. The van der Waals surface area contributed by atoms with Crippen LogP contribution in [0, 0.1) is 11.7 Å². The molecule has 1 saturated heterocycles. The SMILES string of the molecule is O=C(N[C@@H]1C[C@H](c2ccc(F)cc2)O[C@@H]2CCC[C@@H]12)c1ccccc1. The summed E-state index contributed by atoms with van der Waals surface area (Å²) in [6, 6.07) is 15.9. The van der Waals surface area contributed by atoms with Gasteiger partial charge in [0, 0.05) is 17.5 Å². The Kier molecular flexibility index (Phi) is 4.53. The highest BCUT2D eigenvalue weighted by Crippen LogP contribution is 2.42. The number of halogens is 1. The fourth-order valence-corrected chi connectivity index (χ4v) is 4.16. The van der Waals surface area contributed by atoms with Crippen LogP contribution in [0.3, 0.4) is 0 Å². The van der Waals surface area contributed by atoms with E-state index >= 15 is 0 Å². The maximum atomic E-state index is 13.2. The second-order valence-corrected chi connectivity index (χ2v) is 6.99. The summed E-state index contributed by atoms with van der Waals surface area (Å²) in [5.41, 5.74) is 1.66. The van der Waals surface area contributed by atoms with E-state index in [0.29, 0.717) is 11.5 Å². The number of carbonyl (C=O) groups excluding carboxylic acids is 1. The first kappa shape index (κ1) is 16.3. The lowest BCUT2D eigenvalue weighted by molar-refractivity contribution is -0.0846. The average molecular weight is 339 g/mol. The molecule has 1 amide bonds. The number of hydrogen-bond acceptors (Lipinski definition) is 2. The maximum absolute atomic E-state index is 13.2. The molecule has 0 bridgehead atoms. The first-order valence-electron chi connectivity index (χ1n) is 8.97. The van der Waals surface area contributed by atoms with E-state index in [1.165, 1.54) is 12.1 Å². The van der Waals surface area contributed by atoms with E-state index in [0.717, 1.165) is 31.2 Å². The molecule has 4 rings (SSSR count). The van der Waals surface area contributed by atoms with Crippen molar-refractivity contribution in [1.82, 2.24) is 5.32 Å². The lowest BCUT2D eigenvalue weighted by atomic mass is 9.86. The van der Waals surface area contributed by atoms with Gasteiger partial charge in [0.15, 0.2) is 0 Å². The topological polar surface area (TPSA) is 38.3 Å². The van der Waals surface area contributed by atoms with E-state index in [1.807, 2.05) is 30.3 Å². The molecule has 0 unspecified atom stereocenters. The molecule has 2 aliphatic rings. The summed E-state index contributed by atoms with van der Waals surface area (Å²) in [7, 11) is 0. The van der Waals surface area contributed by atoms with Gasteiger partial charge in [0.2, 0.25) is 0 Å². The molecular weight excluding hydrogens is 317 g/mol. The summed E-state index contributed by atoms with van der Waals surface area (Å²) < 4.78 is 19.5. The van der Waals surface area contributed by atoms with Crippen molar-refractivity contribution in [2.24, 2.45) is 5.92 Å². The molecule has 1 heterocycles. The zero-order chi connectivity index (χ0) is 17.2. The predicted molar refractivity (Wildman–Crippen MR) is 93.7 cm³/mol. The van der Waals surface area contributed by atoms with Crippen LogP contribution in [0.1, 0.15) is 47.7 Å². The van der Waals surface area contributed by atoms with Gasteiger partial charge in [-0.3, -0.25) is 4.79 Å². The molecule has 0 aromatic heterocycles. The van der Waals surface area contributed by atoms with Crippen LogP contribution in [0.15, 0.2) is 54.6 Å². The van der Waals surface area contributed by atoms with Crippen LogP contribution in [-0.4, -0.2) is 18.1 Å². The second kappa shape index (κ2) is 6.96. The molecule has 1 aliphatic carbocycles. The Balaban J connectivity index is 1.53. The van der Waals surface area contributed by atoms with Crippen molar-refractivity contribution in [2.45, 2.75) is 43.9 Å². The van der Waals surface area contributed by atoms with Gasteiger partial charge in [-0.15, -0.1) is 0 Å². The lowest BCUT2D eigenvalue weighted by Gasteiger charge is -2.39. The molecule has 130 valence electrons. The molecular formula is C21H22FNO2. The minimum Gasteiger partial charge on any atom is -0.370 e. The minimum atomic E-state index is -0.243. The van der Waals surface area contributed by atoms with Crippen molar-refractivity contribution in [3.63, 3.8) is 0 Å². The van der Waals surface area contributed by atoms with E-state index in [2.05, 4.69) is 5.32 Å². The Morgan fingerprint density at radius 2 is 1.80 bits per heavy atom. The lowest BCUT2D eigenvalue weighted by Crippen LogP contribution is -2.48. The van der Waals surface area contributed by atoms with Crippen molar-refractivity contribution in [3.8, 4) is 0 Å². The van der Waals surface area contributed by atoms with Crippen LogP contribution in [0.25, 0.3) is 0 Å². The molecule has 2 aromatic carbocycles. The van der Waals surface area contributed by atoms with Crippen LogP contribution >= 0.6 is 0 Å². The van der Waals surface area contributed by atoms with Gasteiger partial charge >= 0.3 is 0 Å². The van der Waals surface area contributed by atoms with Crippen LogP contribution in [0.4, 0.5) is 4.39 Å². The number of rotatable bonds is 3. The van der Waals surface area contributed by atoms with E-state index in [9.17, 15) is 9.18 Å². The molecule has 2 aromatic rings. The number of ether oxygens (including phenoxy) is 1. The molecule has 4 atom stereocenters. The Morgan fingerprint density at radius 1 is 1.04 bits per heavy atom. The van der Waals surface area contributed by atoms with Crippen LogP contribution < -0.4 is 5.32 Å². The number of fused-ring (bicyclic) bond motifs is 1. The Hall–Kier alpha value is -2.20. The highest BCUT2D eigenvalue weighted by molar-refractivity contribution is 5.94. The fraction of sp³-hybridized carbons (Fsp3) is 0.381. The van der Waals surface area contributed by atoms with Gasteiger partial charge in [0.05, 0.1) is 12.2 Å². The number of hydrogen-bond donors (Lipinski definition) is 1. The maximum Gasteiger partial charge on any atom is 0.251 e. The third kappa shape index (κ3) is 3.45. The van der Waals surface area contributed by atoms with Gasteiger partial charge in [-0.2, -0.15) is 0 Å². The summed E-state index contributed by atoms with van der Waals surface area (Å²) in [6.07, 6.45) is 4.04. The van der Waals surface area contributed by atoms with Gasteiger partial charge in [-0.1, -0.05) is 36.8 Å². The zero-order valence-electron chi connectivity index (χ0n) is 14.0. The van der Waals surface area contributed by atoms with Gasteiger partial charge in [-0.05, 0) is 49.1 Å². The van der Waals surface area contributed by atoms with Crippen LogP contribution in [0.2, 0.25) is 0 Å². The third-order valence-electron chi connectivity index (χ3n) is 5.42. The van der Waals surface area contributed by atoms with Crippen molar-refractivity contribution in [1.29, 1.82) is 0 Å². The van der Waals surface area contributed by atoms with Crippen molar-refractivity contribution < 1.29 is 13.9 Å². The average Bonchev–Trinajstić information content (AvgIpc) is 3.12. The number of amides is 1. The summed E-state index contributed by atoms with van der Waals surface area (Å²) in [6.45, 7) is 0. The standard InChI is InChI=1S/C21H22FNO2/c22-16-11-9-14(10-12-16)20-13-18(17-7-4-8-19(17)25-20)23-21(24)15-5-2-1-3-6-15/h1-3,5-6,9-12,17-20H,4,7-8,13H2,(H,23,24)/t17-,18+,19+,20+/m0/s1. The molecule has 0 spiro atoms. The Labute approximate surface area is 147 Å². The first-order valence-corrected chi connectivity index (χ1v) is 8.97. The zero-order valence-corrected chi connectivity index (χ0v) is 14.0. The molecule has 4 heteroatoms. The number of carbonyl (C=O) groups is 1. The van der Waals surface area contributed by atoms with Crippen LogP contribution in [0.5, 0.6) is 0 Å². The fourth-order valence-electron chi connectivity index (χ4n) is 4.16. The Bertz CT molecular complexity index is 731. The minimum absolute atomic E-state index is 0.0315. The van der Waals surface area contributed by atoms with Gasteiger partial charge in [0.1, 0.15) is 5.82 Å². The quantitative estimate of drug-likeness (QED) is 0.908. The molecule has 1 aliphatic heterocycles. The van der Waals surface area contributed by atoms with Crippen molar-refractivity contribution in [2.75, 3.05) is 0 Å². The van der Waals surface area contributed by atoms with Crippen molar-refractivity contribution >= 4 is 5.91 Å². The van der Waals surface area contributed by atoms with E-state index in [4.69, 9.17) is 4.74 Å². The summed E-state index contributed by atoms with van der Waals surface area (Å²) in [5, 5.41) is 3.22. The van der Waals surface area contributed by atoms with Crippen LogP contribution in [-0.2, 0) is 4.74 Å². The summed E-state index contributed by atoms with van der Waals surface area (Å²) in [5.74, 6) is 0.0904. The highest BCUT2D eigenvalue weighted by Gasteiger charge is 2.42. The molecule has 0 radical (unpaired) electrons. The third-order valence-corrected chi connectivity index (χ3v) is 5.42. The summed E-state index contributed by atoms with van der Waals surface area (Å²) >= 11 is 0. The van der Waals surface area contributed by atoms with E-state index < -0.39 is 0 Å². The monoisotopic (exact) mass is 339 g/mol. The number of nitrogens with one attached hydrogen (secondary N) is 1. The van der Waals surface area contributed by atoms with Gasteiger partial charge in [-0.25, -0.2) is 4.39 Å². The Morgan fingerprint density at radius 3 is 2.56 bits per heavy atom. The highest BCUT2D eigenvalue weighted by atomic mass is 19.1. The second-order valence-electron chi connectivity index (χ2n) is 6.99. The molecule has 1 N–H and O–H groups in total. The molecule has 25 heavy (non-hydrogen) atoms. The van der Waals surface area contributed by atoms with E-state index in [-0.39, 0.29) is 30.0 Å². The first-order chi connectivity index (χ1) is 12.2. The molecule has 1 saturated carbocycles. The van der Waals surface area contributed by atoms with E-state index in [1.54, 1.807) is 12.1 Å². The predicted octanol–water partition coefficient (Wildman–Crippen LogP) is 4.25. The largest absolute Gasteiger partial charge is 0.370 e. The smallest absolute Gasteiger partial charge is 0.251 e. The van der Waals surface area contributed by atoms with Gasteiger partial charge in [0.25, 0.3) is 5.91 Å². The van der Waals surface area contributed by atoms with Gasteiger partial charge < -0.3 is 10.1 Å². The van der Waals surface area contributed by atoms with Crippen molar-refractivity contribution in [3.05, 3.63) is 71.5 Å². The molecule has 3 nitrogen and oxygen atoms in total. The molecule has 2 fully saturated rings.